The van der Waals surface area contributed by atoms with E-state index in [1.165, 1.54) is 14.0 Å². The molecule has 0 unspecified atom stereocenters. The van der Waals surface area contributed by atoms with Gasteiger partial charge < -0.3 is 4.74 Å². The van der Waals surface area contributed by atoms with Crippen molar-refractivity contribution < 1.29 is 4.74 Å². The number of aliphatic imine (C=N–C) groups is 1. The average Bonchev–Trinajstić information content (AvgIpc) is 2.09. The van der Waals surface area contributed by atoms with E-state index in [0.29, 0.717) is 5.56 Å². The van der Waals surface area contributed by atoms with Gasteiger partial charge in [0.1, 0.15) is 0 Å². The van der Waals surface area contributed by atoms with E-state index in [0.717, 1.165) is 6.40 Å². The molecule has 0 amide bonds. The lowest BCUT2D eigenvalue weighted by Gasteiger charge is -2.00. The monoisotopic (exact) mass is 183 g/mol. The van der Waals surface area contributed by atoms with Gasteiger partial charge in [-0.15, -0.1) is 0 Å². The van der Waals surface area contributed by atoms with Gasteiger partial charge in [0.2, 0.25) is 5.88 Å². The third-order valence-electron chi connectivity index (χ3n) is 1.41. The summed E-state index contributed by atoms with van der Waals surface area (Å²) in [6.45, 7) is 1.54. The Morgan fingerprint density at radius 1 is 1.38 bits per heavy atom. The molecule has 0 aliphatic rings. The minimum absolute atomic E-state index is 0.111. The van der Waals surface area contributed by atoms with Crippen molar-refractivity contribution in [1.29, 1.82) is 0 Å². The molecule has 6 nitrogen and oxygen atoms in total. The number of rotatable bonds is 2. The Kier molecular flexibility index (Phi) is 2.63. The highest BCUT2D eigenvalue weighted by atomic mass is 16.5. The van der Waals surface area contributed by atoms with E-state index in [2.05, 4.69) is 15.0 Å². The molecule has 13 heavy (non-hydrogen) atoms. The topological polar surface area (TPSA) is 87.3 Å². The third-order valence-corrected chi connectivity index (χ3v) is 1.41. The maximum absolute atomic E-state index is 11.0. The van der Waals surface area contributed by atoms with Gasteiger partial charge in [0.15, 0.2) is 6.40 Å². The molecule has 0 aliphatic heterocycles. The summed E-state index contributed by atoms with van der Waals surface area (Å²) in [5.74, 6) is 0.111. The number of nitrogens with zero attached hydrogens (tertiary/aromatic N) is 1. The lowest BCUT2D eigenvalue weighted by molar-refractivity contribution is 0.535. The molecule has 0 spiro atoms. The summed E-state index contributed by atoms with van der Waals surface area (Å²) in [5, 5.41) is 0. The molecular weight excluding hydrogens is 174 g/mol. The Morgan fingerprint density at radius 3 is 2.69 bits per heavy atom. The molecule has 0 aliphatic carbocycles. The molecular formula is C7H9N3O3. The number of nitrogens with one attached hydrogen (secondary N) is 2. The second-order valence-electron chi connectivity index (χ2n) is 2.34. The van der Waals surface area contributed by atoms with Crippen molar-refractivity contribution >= 4 is 6.40 Å². The van der Waals surface area contributed by atoms with Gasteiger partial charge in [0.25, 0.3) is 5.56 Å². The third kappa shape index (κ3) is 2.05. The molecule has 0 radical (unpaired) electrons. The van der Waals surface area contributed by atoms with Crippen LogP contribution in [0.2, 0.25) is 0 Å². The van der Waals surface area contributed by atoms with Crippen LogP contribution >= 0.6 is 0 Å². The standard InChI is InChI=1S/C7H9N3O3/c1-4-5(11)9-7(12)10-6(4)13-3-8-2/h3H,1-2H3,(H2,9,10,11,12)/b8-3+. The average molecular weight is 183 g/mol. The largest absolute Gasteiger partial charge is 0.429 e. The predicted octanol–water partition coefficient (Wildman–Crippen LogP) is -0.591. The molecule has 0 bridgehead atoms. The van der Waals surface area contributed by atoms with Crippen LogP contribution in [0, 0.1) is 6.92 Å². The van der Waals surface area contributed by atoms with E-state index in [-0.39, 0.29) is 5.88 Å². The van der Waals surface area contributed by atoms with Gasteiger partial charge in [0, 0.05) is 7.05 Å². The fourth-order valence-electron chi connectivity index (χ4n) is 0.751. The van der Waals surface area contributed by atoms with Crippen molar-refractivity contribution in [3.05, 3.63) is 26.4 Å². The Morgan fingerprint density at radius 2 is 2.08 bits per heavy atom. The molecule has 0 fully saturated rings. The Labute approximate surface area is 73.3 Å². The molecule has 0 atom stereocenters. The summed E-state index contributed by atoms with van der Waals surface area (Å²) in [6, 6.07) is 0. The van der Waals surface area contributed by atoms with Gasteiger partial charge in [-0.05, 0) is 6.92 Å². The van der Waals surface area contributed by atoms with Crippen LogP contribution in [0.4, 0.5) is 0 Å². The first-order valence-electron chi connectivity index (χ1n) is 3.55. The zero-order valence-electron chi connectivity index (χ0n) is 7.25. The smallest absolute Gasteiger partial charge is 0.328 e. The SMILES string of the molecule is C/N=C/Oc1[nH]c(=O)[nH]c(=O)c1C. The van der Waals surface area contributed by atoms with Crippen molar-refractivity contribution in [2.45, 2.75) is 6.92 Å². The lowest BCUT2D eigenvalue weighted by atomic mass is 10.4. The zero-order chi connectivity index (χ0) is 9.84. The summed E-state index contributed by atoms with van der Waals surface area (Å²) < 4.78 is 4.88. The molecule has 0 aromatic carbocycles. The number of aromatic amines is 2. The molecule has 0 saturated heterocycles. The van der Waals surface area contributed by atoms with Crippen LogP contribution in [-0.2, 0) is 0 Å². The van der Waals surface area contributed by atoms with Crippen LogP contribution in [-0.4, -0.2) is 23.4 Å². The maximum Gasteiger partial charge on any atom is 0.328 e. The van der Waals surface area contributed by atoms with Crippen LogP contribution in [0.5, 0.6) is 5.88 Å². The van der Waals surface area contributed by atoms with Crippen LogP contribution in [0.3, 0.4) is 0 Å². The highest BCUT2D eigenvalue weighted by molar-refractivity contribution is 5.51. The molecule has 6 heteroatoms. The van der Waals surface area contributed by atoms with Crippen molar-refractivity contribution in [3.8, 4) is 5.88 Å². The van der Waals surface area contributed by atoms with E-state index in [9.17, 15) is 9.59 Å². The summed E-state index contributed by atoms with van der Waals surface area (Å²) in [4.78, 5) is 29.8. The summed E-state index contributed by atoms with van der Waals surface area (Å²) in [5.41, 5.74) is -0.766. The van der Waals surface area contributed by atoms with Crippen molar-refractivity contribution in [3.63, 3.8) is 0 Å². The normalized spacial score (nSPS) is 10.6. The van der Waals surface area contributed by atoms with Gasteiger partial charge in [0.05, 0.1) is 5.56 Å². The second-order valence-corrected chi connectivity index (χ2v) is 2.34. The first-order valence-corrected chi connectivity index (χ1v) is 3.55. The summed E-state index contributed by atoms with van der Waals surface area (Å²) in [6.07, 6.45) is 1.14. The highest BCUT2D eigenvalue weighted by Crippen LogP contribution is 2.03. The summed E-state index contributed by atoms with van der Waals surface area (Å²) >= 11 is 0. The number of aromatic nitrogens is 2. The second kappa shape index (κ2) is 3.70. The van der Waals surface area contributed by atoms with E-state index in [1.807, 2.05) is 0 Å². The molecule has 1 rings (SSSR count). The summed E-state index contributed by atoms with van der Waals surface area (Å²) in [7, 11) is 1.51. The van der Waals surface area contributed by atoms with E-state index >= 15 is 0 Å². The zero-order valence-corrected chi connectivity index (χ0v) is 7.25. The fourth-order valence-corrected chi connectivity index (χ4v) is 0.751. The van der Waals surface area contributed by atoms with Crippen LogP contribution in [0.1, 0.15) is 5.56 Å². The van der Waals surface area contributed by atoms with Crippen LogP contribution in [0.15, 0.2) is 14.6 Å². The van der Waals surface area contributed by atoms with Gasteiger partial charge in [-0.2, -0.15) is 0 Å². The number of hydrogen-bond acceptors (Lipinski definition) is 4. The molecule has 70 valence electrons. The van der Waals surface area contributed by atoms with Crippen molar-refractivity contribution in [2.24, 2.45) is 4.99 Å². The first kappa shape index (κ1) is 9.24. The number of ether oxygens (including phenoxy) is 1. The van der Waals surface area contributed by atoms with Gasteiger partial charge >= 0.3 is 5.69 Å². The quantitative estimate of drug-likeness (QED) is 0.474. The van der Waals surface area contributed by atoms with Crippen molar-refractivity contribution in [1.82, 2.24) is 9.97 Å². The van der Waals surface area contributed by atoms with E-state index < -0.39 is 11.2 Å². The van der Waals surface area contributed by atoms with Crippen LogP contribution < -0.4 is 16.0 Å². The highest BCUT2D eigenvalue weighted by Gasteiger charge is 2.03. The van der Waals surface area contributed by atoms with Gasteiger partial charge in [-0.25, -0.2) is 4.79 Å². The molecule has 1 aromatic rings. The Bertz CT molecular complexity index is 429. The molecule has 2 N–H and O–H groups in total. The lowest BCUT2D eigenvalue weighted by Crippen LogP contribution is -2.24. The Balaban J connectivity index is 3.20. The molecule has 1 heterocycles. The minimum atomic E-state index is -0.602. The predicted molar refractivity (Wildman–Crippen MR) is 47.5 cm³/mol. The Hall–Kier alpha value is -1.85. The number of hydrogen-bond donors (Lipinski definition) is 2. The fraction of sp³-hybridized carbons (Fsp3) is 0.286. The van der Waals surface area contributed by atoms with Gasteiger partial charge in [-0.3, -0.25) is 19.8 Å². The first-order chi connectivity index (χ1) is 6.15. The van der Waals surface area contributed by atoms with Crippen molar-refractivity contribution in [2.75, 3.05) is 7.05 Å². The van der Waals surface area contributed by atoms with Crippen LogP contribution in [0.25, 0.3) is 0 Å². The van der Waals surface area contributed by atoms with Gasteiger partial charge in [-0.1, -0.05) is 0 Å². The van der Waals surface area contributed by atoms with E-state index in [1.54, 1.807) is 0 Å². The van der Waals surface area contributed by atoms with E-state index in [4.69, 9.17) is 4.74 Å². The maximum atomic E-state index is 11.0. The minimum Gasteiger partial charge on any atom is -0.429 e. The molecule has 0 saturated carbocycles. The molecule has 1 aromatic heterocycles. The number of H-pyrrole nitrogens is 2.